The highest BCUT2D eigenvalue weighted by atomic mass is 32.2. The Hall–Kier alpha value is -4.44. The molecule has 0 aliphatic carbocycles. The van der Waals surface area contributed by atoms with E-state index in [-0.39, 0.29) is 12.1 Å². The molecule has 36 heavy (non-hydrogen) atoms. The van der Waals surface area contributed by atoms with E-state index >= 15 is 0 Å². The Morgan fingerprint density at radius 3 is 2.53 bits per heavy atom. The van der Waals surface area contributed by atoms with Crippen LogP contribution in [0.3, 0.4) is 0 Å². The third kappa shape index (κ3) is 4.22. The first-order valence-corrected chi connectivity index (χ1v) is 12.2. The van der Waals surface area contributed by atoms with Gasteiger partial charge in [-0.1, -0.05) is 36.0 Å². The van der Waals surface area contributed by atoms with Crippen molar-refractivity contribution in [2.75, 3.05) is 7.11 Å². The molecule has 0 fully saturated rings. The molecule has 0 amide bonds. The van der Waals surface area contributed by atoms with Crippen LogP contribution in [0.2, 0.25) is 0 Å². The predicted octanol–water partition coefficient (Wildman–Crippen LogP) is 4.67. The van der Waals surface area contributed by atoms with E-state index in [4.69, 9.17) is 14.1 Å². The molecule has 0 aliphatic heterocycles. The molecule has 0 aliphatic rings. The smallest absolute Gasteiger partial charge is 0.277 e. The number of benzene rings is 3. The van der Waals surface area contributed by atoms with E-state index in [1.54, 1.807) is 17.7 Å². The van der Waals surface area contributed by atoms with Gasteiger partial charge in [-0.15, -0.1) is 10.2 Å². The molecule has 0 saturated heterocycles. The third-order valence-electron chi connectivity index (χ3n) is 5.72. The van der Waals surface area contributed by atoms with Gasteiger partial charge >= 0.3 is 0 Å². The van der Waals surface area contributed by atoms with Crippen LogP contribution in [0.15, 0.2) is 87.2 Å². The normalized spacial score (nSPS) is 11.4. The second-order valence-electron chi connectivity index (χ2n) is 8.02. The molecule has 0 atom stereocenters. The topological polar surface area (TPSA) is 112 Å². The monoisotopic (exact) mass is 496 g/mol. The van der Waals surface area contributed by atoms with Gasteiger partial charge in [0.05, 0.1) is 34.8 Å². The highest BCUT2D eigenvalue weighted by Crippen LogP contribution is 2.25. The lowest BCUT2D eigenvalue weighted by molar-refractivity contribution is 0.403. The molecule has 0 bridgehead atoms. The number of imidazole rings is 1. The number of aromatic nitrogens is 6. The van der Waals surface area contributed by atoms with Gasteiger partial charge in [-0.25, -0.2) is 9.97 Å². The van der Waals surface area contributed by atoms with E-state index in [9.17, 15) is 4.79 Å². The minimum absolute atomic E-state index is 0.0935. The van der Waals surface area contributed by atoms with Gasteiger partial charge in [0.2, 0.25) is 5.89 Å². The maximum absolute atomic E-state index is 13.4. The standard InChI is InChI=1S/C26H20N6O3S/c1-34-17-12-10-16(11-13-17)24-29-19-7-3-2-6-18(19)25(33)32(24)14-23-30-31-26(35-23)36-15-22-27-20-8-4-5-9-21(20)28-22/h2-13H,14-15H2,1H3,(H,27,28). The zero-order valence-corrected chi connectivity index (χ0v) is 20.0. The lowest BCUT2D eigenvalue weighted by Crippen LogP contribution is -2.24. The van der Waals surface area contributed by atoms with E-state index in [0.717, 1.165) is 28.2 Å². The number of thioether (sulfide) groups is 1. The van der Waals surface area contributed by atoms with Crippen molar-refractivity contribution in [2.24, 2.45) is 0 Å². The van der Waals surface area contributed by atoms with Gasteiger partial charge in [0.1, 0.15) is 23.9 Å². The number of hydrogen-bond acceptors (Lipinski definition) is 8. The number of fused-ring (bicyclic) bond motifs is 2. The Labute approximate surface area is 209 Å². The first kappa shape index (κ1) is 22.1. The zero-order valence-electron chi connectivity index (χ0n) is 19.2. The Bertz CT molecular complexity index is 1710. The summed E-state index contributed by atoms with van der Waals surface area (Å²) < 4.78 is 12.7. The van der Waals surface area contributed by atoms with Crippen molar-refractivity contribution in [3.8, 4) is 17.1 Å². The number of nitrogens with zero attached hydrogens (tertiary/aromatic N) is 5. The number of methoxy groups -OCH3 is 1. The van der Waals surface area contributed by atoms with Crippen LogP contribution in [-0.4, -0.2) is 36.8 Å². The third-order valence-corrected chi connectivity index (χ3v) is 6.55. The number of nitrogens with one attached hydrogen (secondary N) is 1. The van der Waals surface area contributed by atoms with Gasteiger partial charge in [0, 0.05) is 5.56 Å². The molecule has 6 rings (SSSR count). The van der Waals surface area contributed by atoms with Gasteiger partial charge in [-0.3, -0.25) is 9.36 Å². The first-order valence-electron chi connectivity index (χ1n) is 11.2. The Morgan fingerprint density at radius 2 is 1.72 bits per heavy atom. The number of hydrogen-bond donors (Lipinski definition) is 1. The highest BCUT2D eigenvalue weighted by molar-refractivity contribution is 7.98. The van der Waals surface area contributed by atoms with Gasteiger partial charge in [0.15, 0.2) is 0 Å². The van der Waals surface area contributed by atoms with E-state index in [2.05, 4.69) is 20.2 Å². The van der Waals surface area contributed by atoms with E-state index in [0.29, 0.717) is 33.6 Å². The average molecular weight is 497 g/mol. The molecule has 0 unspecified atom stereocenters. The highest BCUT2D eigenvalue weighted by Gasteiger charge is 2.17. The fourth-order valence-corrected chi connectivity index (χ4v) is 4.63. The van der Waals surface area contributed by atoms with Crippen molar-refractivity contribution in [3.63, 3.8) is 0 Å². The van der Waals surface area contributed by atoms with Crippen molar-refractivity contribution >= 4 is 33.7 Å². The fraction of sp³-hybridized carbons (Fsp3) is 0.115. The number of H-pyrrole nitrogens is 1. The van der Waals surface area contributed by atoms with Crippen LogP contribution in [0, 0.1) is 0 Å². The molecule has 0 saturated carbocycles. The lowest BCUT2D eigenvalue weighted by atomic mass is 10.1. The van der Waals surface area contributed by atoms with Gasteiger partial charge in [0.25, 0.3) is 10.8 Å². The lowest BCUT2D eigenvalue weighted by Gasteiger charge is -2.12. The molecular formula is C26H20N6O3S. The summed E-state index contributed by atoms with van der Waals surface area (Å²) in [5.41, 5.74) is 3.11. The summed E-state index contributed by atoms with van der Waals surface area (Å²) in [5.74, 6) is 2.91. The minimum atomic E-state index is -0.180. The maximum atomic E-state index is 13.4. The van der Waals surface area contributed by atoms with Crippen LogP contribution in [0.5, 0.6) is 5.75 Å². The van der Waals surface area contributed by atoms with Crippen molar-refractivity contribution in [3.05, 3.63) is 94.9 Å². The second kappa shape index (κ2) is 9.31. The number of para-hydroxylation sites is 3. The summed E-state index contributed by atoms with van der Waals surface area (Å²) in [7, 11) is 1.61. The van der Waals surface area contributed by atoms with Crippen molar-refractivity contribution in [1.82, 2.24) is 29.7 Å². The van der Waals surface area contributed by atoms with Gasteiger partial charge in [-0.2, -0.15) is 0 Å². The van der Waals surface area contributed by atoms with Crippen LogP contribution in [0.4, 0.5) is 0 Å². The molecule has 3 heterocycles. The molecule has 10 heteroatoms. The molecule has 0 spiro atoms. The summed E-state index contributed by atoms with van der Waals surface area (Å²) >= 11 is 1.38. The first-order chi connectivity index (χ1) is 17.7. The molecule has 9 nitrogen and oxygen atoms in total. The molecule has 0 radical (unpaired) electrons. The molecule has 6 aromatic rings. The Balaban J connectivity index is 1.30. The Kier molecular flexibility index (Phi) is 5.70. The van der Waals surface area contributed by atoms with E-state index < -0.39 is 0 Å². The largest absolute Gasteiger partial charge is 0.497 e. The molecule has 178 valence electrons. The van der Waals surface area contributed by atoms with Crippen molar-refractivity contribution in [2.45, 2.75) is 17.5 Å². The van der Waals surface area contributed by atoms with E-state index in [1.165, 1.54) is 11.8 Å². The number of rotatable bonds is 7. The zero-order chi connectivity index (χ0) is 24.5. The summed E-state index contributed by atoms with van der Waals surface area (Å²) in [4.78, 5) is 26.1. The van der Waals surface area contributed by atoms with Crippen LogP contribution in [-0.2, 0) is 12.3 Å². The molecule has 1 N–H and O–H groups in total. The summed E-state index contributed by atoms with van der Waals surface area (Å²) in [6.07, 6.45) is 0. The fourth-order valence-electron chi connectivity index (χ4n) is 3.97. The van der Waals surface area contributed by atoms with Crippen LogP contribution in [0.1, 0.15) is 11.7 Å². The maximum Gasteiger partial charge on any atom is 0.277 e. The summed E-state index contributed by atoms with van der Waals surface area (Å²) in [5, 5.41) is 9.25. The number of aromatic amines is 1. The van der Waals surface area contributed by atoms with Gasteiger partial charge in [-0.05, 0) is 48.5 Å². The summed E-state index contributed by atoms with van der Waals surface area (Å²) in [6, 6.07) is 22.5. The van der Waals surface area contributed by atoms with Crippen molar-refractivity contribution < 1.29 is 9.15 Å². The van der Waals surface area contributed by atoms with Crippen LogP contribution < -0.4 is 10.3 Å². The number of ether oxygens (including phenoxy) is 1. The van der Waals surface area contributed by atoms with Crippen molar-refractivity contribution in [1.29, 1.82) is 0 Å². The molecule has 3 aromatic heterocycles. The second-order valence-corrected chi connectivity index (χ2v) is 8.95. The van der Waals surface area contributed by atoms with E-state index in [1.807, 2.05) is 66.7 Å². The van der Waals surface area contributed by atoms with Gasteiger partial charge < -0.3 is 14.1 Å². The molecular weight excluding hydrogens is 476 g/mol. The Morgan fingerprint density at radius 1 is 0.944 bits per heavy atom. The SMILES string of the molecule is COc1ccc(-c2nc3ccccc3c(=O)n2Cc2nnc(SCc3nc4ccccc4[nH]3)o2)cc1. The van der Waals surface area contributed by atoms with Crippen LogP contribution >= 0.6 is 11.8 Å². The quantitative estimate of drug-likeness (QED) is 0.317. The molecule has 3 aromatic carbocycles. The minimum Gasteiger partial charge on any atom is -0.497 e. The predicted molar refractivity (Wildman–Crippen MR) is 137 cm³/mol. The summed E-state index contributed by atoms with van der Waals surface area (Å²) in [6.45, 7) is 0.0935. The average Bonchev–Trinajstić information content (AvgIpc) is 3.55. The van der Waals surface area contributed by atoms with Crippen LogP contribution in [0.25, 0.3) is 33.3 Å².